The summed E-state index contributed by atoms with van der Waals surface area (Å²) in [6, 6.07) is 6.63. The van der Waals surface area contributed by atoms with Gasteiger partial charge >= 0.3 is 5.97 Å². The van der Waals surface area contributed by atoms with E-state index in [0.29, 0.717) is 6.54 Å². The highest BCUT2D eigenvalue weighted by Crippen LogP contribution is 2.28. The molecule has 100 valence electrons. The molecule has 0 bridgehead atoms. The summed E-state index contributed by atoms with van der Waals surface area (Å²) in [5.41, 5.74) is -0.272. The van der Waals surface area contributed by atoms with Crippen LogP contribution in [0.3, 0.4) is 0 Å². The smallest absolute Gasteiger partial charge is 0.337 e. The number of carboxylic acid groups (broad SMARTS) is 1. The van der Waals surface area contributed by atoms with E-state index in [1.165, 1.54) is 27.8 Å². The van der Waals surface area contributed by atoms with E-state index in [1.54, 1.807) is 11.3 Å². The van der Waals surface area contributed by atoms with E-state index in [4.69, 9.17) is 5.11 Å². The minimum absolute atomic E-state index is 0.126. The highest BCUT2D eigenvalue weighted by molar-refractivity contribution is 7.10. The second-order valence-electron chi connectivity index (χ2n) is 5.05. The molecule has 2 aromatic rings. The average Bonchev–Trinajstić information content (AvgIpc) is 2.85. The summed E-state index contributed by atoms with van der Waals surface area (Å²) in [6.07, 6.45) is 1.40. The van der Waals surface area contributed by atoms with Gasteiger partial charge in [0.25, 0.3) is 5.56 Å². The number of carboxylic acids is 1. The van der Waals surface area contributed by atoms with E-state index in [2.05, 4.69) is 0 Å². The van der Waals surface area contributed by atoms with Crippen LogP contribution in [0.1, 0.15) is 29.1 Å². The fourth-order valence-electron chi connectivity index (χ4n) is 1.95. The predicted octanol–water partition coefficient (Wildman–Crippen LogP) is 2.59. The Morgan fingerprint density at radius 2 is 2.11 bits per heavy atom. The first-order valence-corrected chi connectivity index (χ1v) is 6.76. The molecule has 0 fully saturated rings. The van der Waals surface area contributed by atoms with Crippen LogP contribution in [-0.4, -0.2) is 15.6 Å². The van der Waals surface area contributed by atoms with Crippen molar-refractivity contribution in [3.05, 3.63) is 56.6 Å². The number of nitrogens with zero attached hydrogens (tertiary/aromatic N) is 1. The molecule has 0 aliphatic carbocycles. The van der Waals surface area contributed by atoms with Crippen molar-refractivity contribution in [3.63, 3.8) is 0 Å². The number of hydrogen-bond donors (Lipinski definition) is 1. The Kier molecular flexibility index (Phi) is 3.57. The molecule has 1 N–H and O–H groups in total. The van der Waals surface area contributed by atoms with Gasteiger partial charge in [0.1, 0.15) is 0 Å². The number of aromatic carboxylic acids is 1. The van der Waals surface area contributed by atoms with Crippen LogP contribution in [0.25, 0.3) is 0 Å². The van der Waals surface area contributed by atoms with Crippen LogP contribution in [0.4, 0.5) is 0 Å². The third-order valence-electron chi connectivity index (χ3n) is 2.98. The van der Waals surface area contributed by atoms with Crippen LogP contribution in [0.15, 0.2) is 40.6 Å². The maximum atomic E-state index is 11.8. The first-order chi connectivity index (χ1) is 8.90. The maximum Gasteiger partial charge on any atom is 0.337 e. The Hall–Kier alpha value is -1.88. The van der Waals surface area contributed by atoms with E-state index < -0.39 is 5.97 Å². The first kappa shape index (κ1) is 13.5. The largest absolute Gasteiger partial charge is 0.478 e. The van der Waals surface area contributed by atoms with Gasteiger partial charge in [-0.15, -0.1) is 11.3 Å². The Balaban J connectivity index is 2.35. The Morgan fingerprint density at radius 3 is 2.68 bits per heavy atom. The monoisotopic (exact) mass is 277 g/mol. The van der Waals surface area contributed by atoms with Gasteiger partial charge in [0.05, 0.1) is 5.56 Å². The lowest BCUT2D eigenvalue weighted by Crippen LogP contribution is -2.30. The molecule has 0 aromatic carbocycles. The van der Waals surface area contributed by atoms with E-state index in [9.17, 15) is 9.59 Å². The van der Waals surface area contributed by atoms with Crippen molar-refractivity contribution >= 4 is 17.3 Å². The lowest BCUT2D eigenvalue weighted by molar-refractivity contribution is 0.0695. The van der Waals surface area contributed by atoms with E-state index in [1.807, 2.05) is 31.4 Å². The highest BCUT2D eigenvalue weighted by Gasteiger charge is 2.23. The molecule has 2 rings (SSSR count). The normalized spacial score (nSPS) is 11.5. The van der Waals surface area contributed by atoms with Crippen LogP contribution in [0.2, 0.25) is 0 Å². The maximum absolute atomic E-state index is 11.8. The van der Waals surface area contributed by atoms with Gasteiger partial charge in [-0.2, -0.15) is 0 Å². The van der Waals surface area contributed by atoms with Gasteiger partial charge in [0.15, 0.2) is 0 Å². The molecule has 0 radical (unpaired) electrons. The number of hydrogen-bond acceptors (Lipinski definition) is 3. The van der Waals surface area contributed by atoms with Gasteiger partial charge in [-0.3, -0.25) is 4.79 Å². The molecule has 5 heteroatoms. The molecule has 0 aliphatic rings. The standard InChI is InChI=1S/C14H15NO3S/c1-14(2,11-4-3-7-19-11)9-15-8-10(13(17)18)5-6-12(15)16/h3-8H,9H2,1-2H3,(H,17,18). The molecule has 0 aliphatic heterocycles. The van der Waals surface area contributed by atoms with Crippen LogP contribution < -0.4 is 5.56 Å². The molecular weight excluding hydrogens is 262 g/mol. The zero-order valence-electron chi connectivity index (χ0n) is 10.8. The fraction of sp³-hybridized carbons (Fsp3) is 0.286. The van der Waals surface area contributed by atoms with Gasteiger partial charge in [-0.1, -0.05) is 19.9 Å². The average molecular weight is 277 g/mol. The van der Waals surface area contributed by atoms with Crippen molar-refractivity contribution in [2.75, 3.05) is 0 Å². The van der Waals surface area contributed by atoms with Crippen LogP contribution in [0, 0.1) is 0 Å². The van der Waals surface area contributed by atoms with Crippen molar-refractivity contribution in [1.82, 2.24) is 4.57 Å². The van der Waals surface area contributed by atoms with Crippen LogP contribution in [0.5, 0.6) is 0 Å². The van der Waals surface area contributed by atoms with E-state index >= 15 is 0 Å². The molecule has 0 spiro atoms. The molecule has 2 aromatic heterocycles. The molecule has 2 heterocycles. The first-order valence-electron chi connectivity index (χ1n) is 5.88. The van der Waals surface area contributed by atoms with Gasteiger partial charge < -0.3 is 9.67 Å². The van der Waals surface area contributed by atoms with Gasteiger partial charge in [0, 0.05) is 29.1 Å². The Labute approximate surface area is 115 Å². The fourth-order valence-corrected chi connectivity index (χ4v) is 2.79. The van der Waals surface area contributed by atoms with Crippen molar-refractivity contribution in [2.24, 2.45) is 0 Å². The summed E-state index contributed by atoms with van der Waals surface area (Å²) < 4.78 is 1.46. The van der Waals surface area contributed by atoms with E-state index in [-0.39, 0.29) is 16.5 Å². The van der Waals surface area contributed by atoms with E-state index in [0.717, 1.165) is 0 Å². The van der Waals surface area contributed by atoms with Crippen molar-refractivity contribution in [3.8, 4) is 0 Å². The minimum atomic E-state index is -1.03. The SMILES string of the molecule is CC(C)(Cn1cc(C(=O)O)ccc1=O)c1cccs1. The molecule has 0 saturated heterocycles. The van der Waals surface area contributed by atoms with Crippen molar-refractivity contribution in [1.29, 1.82) is 0 Å². The summed E-state index contributed by atoms with van der Waals surface area (Å²) in [7, 11) is 0. The lowest BCUT2D eigenvalue weighted by Gasteiger charge is -2.24. The zero-order chi connectivity index (χ0) is 14.0. The number of aromatic nitrogens is 1. The summed E-state index contributed by atoms with van der Waals surface area (Å²) in [5, 5.41) is 11.0. The molecular formula is C14H15NO3S. The quantitative estimate of drug-likeness (QED) is 0.934. The van der Waals surface area contributed by atoms with Crippen molar-refractivity contribution in [2.45, 2.75) is 25.8 Å². The molecule has 0 atom stereocenters. The van der Waals surface area contributed by atoms with Gasteiger partial charge in [-0.05, 0) is 17.5 Å². The summed E-state index contributed by atoms with van der Waals surface area (Å²) in [5.74, 6) is -1.03. The number of carbonyl (C=O) groups is 1. The third-order valence-corrected chi connectivity index (χ3v) is 4.22. The molecule has 0 saturated carbocycles. The lowest BCUT2D eigenvalue weighted by atomic mass is 9.91. The second-order valence-corrected chi connectivity index (χ2v) is 6.00. The predicted molar refractivity (Wildman–Crippen MR) is 75.0 cm³/mol. The third kappa shape index (κ3) is 2.93. The second kappa shape index (κ2) is 5.01. The highest BCUT2D eigenvalue weighted by atomic mass is 32.1. The van der Waals surface area contributed by atoms with Gasteiger partial charge in [0.2, 0.25) is 0 Å². The Bertz CT molecular complexity index is 641. The molecule has 19 heavy (non-hydrogen) atoms. The van der Waals surface area contributed by atoms with Crippen LogP contribution >= 0.6 is 11.3 Å². The van der Waals surface area contributed by atoms with Crippen LogP contribution in [-0.2, 0) is 12.0 Å². The summed E-state index contributed by atoms with van der Waals surface area (Å²) in [6.45, 7) is 4.53. The number of pyridine rings is 1. The topological polar surface area (TPSA) is 59.3 Å². The summed E-state index contributed by atoms with van der Waals surface area (Å²) >= 11 is 1.63. The van der Waals surface area contributed by atoms with Crippen molar-refractivity contribution < 1.29 is 9.90 Å². The molecule has 0 amide bonds. The Morgan fingerprint density at radius 1 is 1.37 bits per heavy atom. The number of thiophene rings is 1. The minimum Gasteiger partial charge on any atom is -0.478 e. The molecule has 4 nitrogen and oxygen atoms in total. The zero-order valence-corrected chi connectivity index (χ0v) is 11.6. The summed E-state index contributed by atoms with van der Waals surface area (Å²) in [4.78, 5) is 23.9. The number of rotatable bonds is 4. The molecule has 0 unspecified atom stereocenters. The van der Waals surface area contributed by atoms with Gasteiger partial charge in [-0.25, -0.2) is 4.79 Å².